The molecule has 1 aliphatic rings. The van der Waals surface area contributed by atoms with Crippen molar-refractivity contribution in [2.45, 2.75) is 52.1 Å². The highest BCUT2D eigenvalue weighted by atomic mass is 16.5. The quantitative estimate of drug-likeness (QED) is 0.628. The van der Waals surface area contributed by atoms with Crippen LogP contribution in [0.1, 0.15) is 46.5 Å². The highest BCUT2D eigenvalue weighted by Gasteiger charge is 2.14. The molecule has 1 N–H and O–H groups in total. The number of likely N-dealkylation sites (tertiary alicyclic amines) is 1. The van der Waals surface area contributed by atoms with E-state index < -0.39 is 0 Å². The number of nitrogens with zero attached hydrogens (tertiary/aromatic N) is 1. The first-order valence-electron chi connectivity index (χ1n) is 7.21. The lowest BCUT2D eigenvalue weighted by Crippen LogP contribution is -2.30. The van der Waals surface area contributed by atoms with Gasteiger partial charge in [-0.3, -0.25) is 0 Å². The molecule has 1 fully saturated rings. The van der Waals surface area contributed by atoms with Crippen LogP contribution in [0.2, 0.25) is 0 Å². The molecule has 0 spiro atoms. The van der Waals surface area contributed by atoms with Crippen LogP contribution in [0.15, 0.2) is 0 Å². The lowest BCUT2D eigenvalue weighted by Gasteiger charge is -2.23. The highest BCUT2D eigenvalue weighted by Crippen LogP contribution is 2.12. The van der Waals surface area contributed by atoms with Crippen molar-refractivity contribution in [3.05, 3.63) is 0 Å². The Balaban J connectivity index is 1.84. The summed E-state index contributed by atoms with van der Waals surface area (Å²) in [7, 11) is 0. The van der Waals surface area contributed by atoms with E-state index in [1.165, 1.54) is 38.9 Å². The molecule has 0 unspecified atom stereocenters. The van der Waals surface area contributed by atoms with Gasteiger partial charge in [0, 0.05) is 6.54 Å². The molecule has 102 valence electrons. The maximum absolute atomic E-state index is 5.79. The van der Waals surface area contributed by atoms with E-state index in [9.17, 15) is 0 Å². The molecule has 0 saturated carbocycles. The summed E-state index contributed by atoms with van der Waals surface area (Å²) in [5.41, 5.74) is 0.0389. The molecule has 17 heavy (non-hydrogen) atoms. The van der Waals surface area contributed by atoms with Gasteiger partial charge in [0.25, 0.3) is 0 Å². The molecule has 0 bridgehead atoms. The first-order valence-corrected chi connectivity index (χ1v) is 7.21. The van der Waals surface area contributed by atoms with E-state index in [1.54, 1.807) is 0 Å². The zero-order chi connectivity index (χ0) is 12.6. The average Bonchev–Trinajstić information content (AvgIpc) is 2.81. The van der Waals surface area contributed by atoms with Crippen LogP contribution in [0.4, 0.5) is 0 Å². The van der Waals surface area contributed by atoms with Gasteiger partial charge in [-0.15, -0.1) is 0 Å². The topological polar surface area (TPSA) is 24.5 Å². The minimum absolute atomic E-state index is 0.0389. The second-order valence-electron chi connectivity index (χ2n) is 5.61. The van der Waals surface area contributed by atoms with Crippen molar-refractivity contribution >= 4 is 0 Å². The summed E-state index contributed by atoms with van der Waals surface area (Å²) in [6.07, 6.45) is 5.12. The van der Waals surface area contributed by atoms with Gasteiger partial charge in [0.2, 0.25) is 0 Å². The van der Waals surface area contributed by atoms with Gasteiger partial charge in [-0.05, 0) is 65.7 Å². The lowest BCUT2D eigenvalue weighted by atomic mass is 10.1. The average molecular weight is 242 g/mol. The fourth-order valence-corrected chi connectivity index (χ4v) is 2.06. The molecule has 0 aromatic heterocycles. The predicted octanol–water partition coefficient (Wildman–Crippen LogP) is 2.27. The van der Waals surface area contributed by atoms with Crippen molar-refractivity contribution in [2.24, 2.45) is 0 Å². The lowest BCUT2D eigenvalue weighted by molar-refractivity contribution is -0.0180. The molecule has 0 aromatic rings. The van der Waals surface area contributed by atoms with Crippen molar-refractivity contribution in [3.63, 3.8) is 0 Å². The molecule has 1 aliphatic heterocycles. The summed E-state index contributed by atoms with van der Waals surface area (Å²) < 4.78 is 5.79. The molecule has 0 aromatic carbocycles. The van der Waals surface area contributed by atoms with Crippen LogP contribution in [0.25, 0.3) is 0 Å². The third-order valence-corrected chi connectivity index (χ3v) is 3.65. The highest BCUT2D eigenvalue weighted by molar-refractivity contribution is 4.67. The van der Waals surface area contributed by atoms with Crippen LogP contribution in [0.3, 0.4) is 0 Å². The number of ether oxygens (including phenoxy) is 1. The van der Waals surface area contributed by atoms with E-state index in [4.69, 9.17) is 4.74 Å². The zero-order valence-corrected chi connectivity index (χ0v) is 11.9. The van der Waals surface area contributed by atoms with Gasteiger partial charge in [-0.1, -0.05) is 6.92 Å². The molecular formula is C14H30N2O. The zero-order valence-electron chi connectivity index (χ0n) is 11.9. The minimum atomic E-state index is 0.0389. The summed E-state index contributed by atoms with van der Waals surface area (Å²) in [6, 6.07) is 0. The largest absolute Gasteiger partial charge is 0.374 e. The Kier molecular flexibility index (Phi) is 7.09. The van der Waals surface area contributed by atoms with Crippen LogP contribution in [0.5, 0.6) is 0 Å². The molecule has 3 nitrogen and oxygen atoms in total. The van der Waals surface area contributed by atoms with Gasteiger partial charge < -0.3 is 15.0 Å². The Morgan fingerprint density at radius 2 is 1.88 bits per heavy atom. The number of nitrogens with one attached hydrogen (secondary N) is 1. The van der Waals surface area contributed by atoms with Crippen molar-refractivity contribution < 1.29 is 4.74 Å². The predicted molar refractivity (Wildman–Crippen MR) is 73.5 cm³/mol. The van der Waals surface area contributed by atoms with Crippen molar-refractivity contribution in [2.75, 3.05) is 39.3 Å². The fraction of sp³-hybridized carbons (Fsp3) is 1.00. The maximum Gasteiger partial charge on any atom is 0.0624 e. The van der Waals surface area contributed by atoms with E-state index >= 15 is 0 Å². The summed E-state index contributed by atoms with van der Waals surface area (Å²) in [5, 5.41) is 3.45. The third kappa shape index (κ3) is 7.02. The number of hydrogen-bond acceptors (Lipinski definition) is 3. The fourth-order valence-electron chi connectivity index (χ4n) is 2.06. The second kappa shape index (κ2) is 8.06. The molecular weight excluding hydrogens is 212 g/mol. The van der Waals surface area contributed by atoms with E-state index in [0.717, 1.165) is 26.1 Å². The van der Waals surface area contributed by atoms with Crippen molar-refractivity contribution in [1.82, 2.24) is 10.2 Å². The van der Waals surface area contributed by atoms with Gasteiger partial charge in [0.15, 0.2) is 0 Å². The van der Waals surface area contributed by atoms with E-state index in [1.807, 2.05) is 0 Å². The monoisotopic (exact) mass is 242 g/mol. The summed E-state index contributed by atoms with van der Waals surface area (Å²) >= 11 is 0. The summed E-state index contributed by atoms with van der Waals surface area (Å²) in [5.74, 6) is 0. The Labute approximate surface area is 107 Å². The van der Waals surface area contributed by atoms with Gasteiger partial charge >= 0.3 is 0 Å². The van der Waals surface area contributed by atoms with Gasteiger partial charge in [0.1, 0.15) is 0 Å². The molecule has 0 amide bonds. The second-order valence-corrected chi connectivity index (χ2v) is 5.61. The maximum atomic E-state index is 5.79. The van der Waals surface area contributed by atoms with Crippen LogP contribution < -0.4 is 5.32 Å². The van der Waals surface area contributed by atoms with E-state index in [0.29, 0.717) is 0 Å². The Hall–Kier alpha value is -0.120. The minimum Gasteiger partial charge on any atom is -0.374 e. The van der Waals surface area contributed by atoms with Crippen LogP contribution in [0, 0.1) is 0 Å². The van der Waals surface area contributed by atoms with Crippen LogP contribution in [-0.2, 0) is 4.74 Å². The van der Waals surface area contributed by atoms with Crippen molar-refractivity contribution in [1.29, 1.82) is 0 Å². The summed E-state index contributed by atoms with van der Waals surface area (Å²) in [4.78, 5) is 2.57. The van der Waals surface area contributed by atoms with Gasteiger partial charge in [0.05, 0.1) is 12.2 Å². The number of hydrogen-bond donors (Lipinski definition) is 1. The third-order valence-electron chi connectivity index (χ3n) is 3.65. The molecule has 0 aliphatic carbocycles. The Morgan fingerprint density at radius 1 is 1.18 bits per heavy atom. The van der Waals surface area contributed by atoms with Gasteiger partial charge in [-0.25, -0.2) is 0 Å². The van der Waals surface area contributed by atoms with Gasteiger partial charge in [-0.2, -0.15) is 0 Å². The molecule has 0 radical (unpaired) electrons. The first-order chi connectivity index (χ1) is 8.14. The van der Waals surface area contributed by atoms with Crippen molar-refractivity contribution in [3.8, 4) is 0 Å². The summed E-state index contributed by atoms with van der Waals surface area (Å²) in [6.45, 7) is 13.3. The molecule has 3 heteroatoms. The first kappa shape index (κ1) is 14.9. The molecule has 1 saturated heterocycles. The molecule has 1 rings (SSSR count). The van der Waals surface area contributed by atoms with Crippen LogP contribution in [-0.4, -0.2) is 49.8 Å². The SMILES string of the molecule is CCC(C)(C)OCCNCCCN1CCCC1. The smallest absolute Gasteiger partial charge is 0.0624 e. The molecule has 0 atom stereocenters. The van der Waals surface area contributed by atoms with Crippen LogP contribution >= 0.6 is 0 Å². The molecule has 1 heterocycles. The normalized spacial score (nSPS) is 17.8. The number of rotatable bonds is 9. The van der Waals surface area contributed by atoms with E-state index in [2.05, 4.69) is 31.0 Å². The Morgan fingerprint density at radius 3 is 2.53 bits per heavy atom. The Bertz CT molecular complexity index is 189. The van der Waals surface area contributed by atoms with E-state index in [-0.39, 0.29) is 5.60 Å². The standard InChI is InChI=1S/C14H30N2O/c1-4-14(2,3)17-13-9-15-8-7-12-16-10-5-6-11-16/h15H,4-13H2,1-3H3.